The Morgan fingerprint density at radius 2 is 2.00 bits per heavy atom. The topological polar surface area (TPSA) is 67.2 Å². The van der Waals surface area contributed by atoms with Gasteiger partial charge in [0.2, 0.25) is 5.13 Å². The van der Waals surface area contributed by atoms with Gasteiger partial charge in [0.1, 0.15) is 5.82 Å². The smallest absolute Gasteiger partial charge is 0.254 e. The molecule has 0 bridgehead atoms. The van der Waals surface area contributed by atoms with Crippen LogP contribution in [0, 0.1) is 0 Å². The lowest BCUT2D eigenvalue weighted by Crippen LogP contribution is -2.48. The zero-order valence-electron chi connectivity index (χ0n) is 15.9. The highest BCUT2D eigenvalue weighted by atomic mass is 32.1. The second kappa shape index (κ2) is 7.26. The lowest BCUT2D eigenvalue weighted by molar-refractivity contribution is 0.0747. The van der Waals surface area contributed by atoms with Crippen LogP contribution in [0.1, 0.15) is 43.0 Å². The van der Waals surface area contributed by atoms with Crippen molar-refractivity contribution < 1.29 is 4.79 Å². The Labute approximate surface area is 162 Å². The van der Waals surface area contributed by atoms with E-state index in [1.54, 1.807) is 0 Å². The monoisotopic (exact) mass is 384 g/mol. The first-order valence-electron chi connectivity index (χ1n) is 9.40. The molecule has 142 valence electrons. The number of anilines is 1. The molecule has 0 unspecified atom stereocenters. The summed E-state index contributed by atoms with van der Waals surface area (Å²) in [5.41, 5.74) is 2.64. The first-order chi connectivity index (χ1) is 13.1. The molecular weight excluding hydrogens is 360 g/mol. The predicted molar refractivity (Wildman–Crippen MR) is 108 cm³/mol. The Bertz CT molecular complexity index is 954. The van der Waals surface area contributed by atoms with E-state index in [0.29, 0.717) is 24.7 Å². The van der Waals surface area contributed by atoms with Gasteiger partial charge in [0.05, 0.1) is 17.4 Å². The SMILES string of the molecule is CCc1nsc(N2CCN(C(=O)c3ccc4c(c3)ncn4C(C)C)CC2)n1. The largest absolute Gasteiger partial charge is 0.343 e. The number of carbonyl (C=O) groups is 1. The van der Waals surface area contributed by atoms with Crippen molar-refractivity contribution in [3.63, 3.8) is 0 Å². The normalized spacial score (nSPS) is 15.1. The fourth-order valence-electron chi connectivity index (χ4n) is 3.38. The molecule has 0 spiro atoms. The van der Waals surface area contributed by atoms with Crippen LogP contribution >= 0.6 is 11.5 Å². The van der Waals surface area contributed by atoms with Crippen molar-refractivity contribution in [2.24, 2.45) is 0 Å². The zero-order valence-corrected chi connectivity index (χ0v) is 16.7. The molecule has 0 N–H and O–H groups in total. The maximum Gasteiger partial charge on any atom is 0.254 e. The fourth-order valence-corrected chi connectivity index (χ4v) is 4.18. The van der Waals surface area contributed by atoms with E-state index in [-0.39, 0.29) is 5.91 Å². The van der Waals surface area contributed by atoms with Gasteiger partial charge < -0.3 is 14.4 Å². The van der Waals surface area contributed by atoms with Gasteiger partial charge in [-0.25, -0.2) is 9.97 Å². The van der Waals surface area contributed by atoms with Crippen LogP contribution in [0.5, 0.6) is 0 Å². The number of amides is 1. The molecule has 0 radical (unpaired) electrons. The van der Waals surface area contributed by atoms with E-state index in [2.05, 4.69) is 44.6 Å². The molecule has 7 nitrogen and oxygen atoms in total. The lowest BCUT2D eigenvalue weighted by atomic mass is 10.1. The molecule has 1 aliphatic heterocycles. The highest BCUT2D eigenvalue weighted by molar-refractivity contribution is 7.09. The second-order valence-corrected chi connectivity index (χ2v) is 7.81. The highest BCUT2D eigenvalue weighted by Gasteiger charge is 2.24. The maximum atomic E-state index is 12.9. The molecule has 0 atom stereocenters. The van der Waals surface area contributed by atoms with Crippen molar-refractivity contribution in [2.75, 3.05) is 31.1 Å². The van der Waals surface area contributed by atoms with Gasteiger partial charge in [-0.3, -0.25) is 4.79 Å². The van der Waals surface area contributed by atoms with Crippen LogP contribution in [0.4, 0.5) is 5.13 Å². The molecule has 0 saturated carbocycles. The van der Waals surface area contributed by atoms with Gasteiger partial charge in [-0.15, -0.1) is 0 Å². The average molecular weight is 385 g/mol. The molecule has 1 saturated heterocycles. The number of piperazine rings is 1. The molecule has 27 heavy (non-hydrogen) atoms. The van der Waals surface area contributed by atoms with Crippen LogP contribution < -0.4 is 4.90 Å². The van der Waals surface area contributed by atoms with Crippen molar-refractivity contribution >= 4 is 33.6 Å². The third kappa shape index (κ3) is 3.41. The van der Waals surface area contributed by atoms with Crippen molar-refractivity contribution in [2.45, 2.75) is 33.2 Å². The van der Waals surface area contributed by atoms with E-state index in [4.69, 9.17) is 0 Å². The van der Waals surface area contributed by atoms with Crippen LogP contribution in [0.3, 0.4) is 0 Å². The first-order valence-corrected chi connectivity index (χ1v) is 10.2. The van der Waals surface area contributed by atoms with Gasteiger partial charge in [0, 0.05) is 55.7 Å². The van der Waals surface area contributed by atoms with E-state index in [9.17, 15) is 4.79 Å². The number of aryl methyl sites for hydroxylation is 1. The summed E-state index contributed by atoms with van der Waals surface area (Å²) < 4.78 is 6.47. The van der Waals surface area contributed by atoms with Gasteiger partial charge in [0.15, 0.2) is 0 Å². The minimum Gasteiger partial charge on any atom is -0.343 e. The molecule has 1 fully saturated rings. The summed E-state index contributed by atoms with van der Waals surface area (Å²) in [6.45, 7) is 9.27. The number of aromatic nitrogens is 4. The van der Waals surface area contributed by atoms with Gasteiger partial charge in [-0.05, 0) is 32.0 Å². The number of hydrogen-bond donors (Lipinski definition) is 0. The molecule has 3 heterocycles. The molecule has 3 aromatic rings. The molecular formula is C19H24N6OS. The highest BCUT2D eigenvalue weighted by Crippen LogP contribution is 2.22. The van der Waals surface area contributed by atoms with Crippen LogP contribution in [-0.2, 0) is 6.42 Å². The Morgan fingerprint density at radius 1 is 1.22 bits per heavy atom. The number of nitrogens with zero attached hydrogens (tertiary/aromatic N) is 6. The molecule has 8 heteroatoms. The number of benzene rings is 1. The molecule has 1 aliphatic rings. The third-order valence-corrected chi connectivity index (χ3v) is 5.80. The second-order valence-electron chi connectivity index (χ2n) is 7.08. The first kappa shape index (κ1) is 17.9. The maximum absolute atomic E-state index is 12.9. The van der Waals surface area contributed by atoms with Gasteiger partial charge in [0.25, 0.3) is 5.91 Å². The number of hydrogen-bond acceptors (Lipinski definition) is 6. The Balaban J connectivity index is 1.45. The van der Waals surface area contributed by atoms with Crippen LogP contribution in [-0.4, -0.2) is 55.9 Å². The standard InChI is InChI=1S/C19H24N6OS/c1-4-17-21-19(27-22-17)24-9-7-23(8-10-24)18(26)14-5-6-16-15(11-14)20-12-25(16)13(2)3/h5-6,11-13H,4,7-10H2,1-3H3. The Hall–Kier alpha value is -2.48. The van der Waals surface area contributed by atoms with Crippen LogP contribution in [0.2, 0.25) is 0 Å². The fraction of sp³-hybridized carbons (Fsp3) is 0.474. The van der Waals surface area contributed by atoms with Crippen LogP contribution in [0.15, 0.2) is 24.5 Å². The van der Waals surface area contributed by atoms with Gasteiger partial charge in [-0.1, -0.05) is 6.92 Å². The molecule has 4 rings (SSSR count). The Kier molecular flexibility index (Phi) is 4.82. The molecule has 0 aliphatic carbocycles. The number of rotatable bonds is 4. The summed E-state index contributed by atoms with van der Waals surface area (Å²) in [7, 11) is 0. The lowest BCUT2D eigenvalue weighted by Gasteiger charge is -2.34. The van der Waals surface area contributed by atoms with E-state index in [1.165, 1.54) is 11.5 Å². The molecule has 1 amide bonds. The van der Waals surface area contributed by atoms with Crippen molar-refractivity contribution in [1.82, 2.24) is 23.8 Å². The van der Waals surface area contributed by atoms with Crippen LogP contribution in [0.25, 0.3) is 11.0 Å². The average Bonchev–Trinajstić information content (AvgIpc) is 3.34. The van der Waals surface area contributed by atoms with Crippen molar-refractivity contribution in [3.8, 4) is 0 Å². The number of imidazole rings is 1. The van der Waals surface area contributed by atoms with Crippen molar-refractivity contribution in [3.05, 3.63) is 35.9 Å². The Morgan fingerprint density at radius 3 is 2.67 bits per heavy atom. The summed E-state index contributed by atoms with van der Waals surface area (Å²) in [6, 6.07) is 6.16. The van der Waals surface area contributed by atoms with E-state index >= 15 is 0 Å². The minimum absolute atomic E-state index is 0.0714. The quantitative estimate of drug-likeness (QED) is 0.692. The van der Waals surface area contributed by atoms with E-state index in [1.807, 2.05) is 29.4 Å². The minimum atomic E-state index is 0.0714. The predicted octanol–water partition coefficient (Wildman–Crippen LogP) is 2.99. The molecule has 1 aromatic carbocycles. The van der Waals surface area contributed by atoms with E-state index in [0.717, 1.165) is 41.5 Å². The number of fused-ring (bicyclic) bond motifs is 1. The van der Waals surface area contributed by atoms with E-state index < -0.39 is 0 Å². The summed E-state index contributed by atoms with van der Waals surface area (Å²) in [5.74, 6) is 0.963. The summed E-state index contributed by atoms with van der Waals surface area (Å²) >= 11 is 1.44. The number of carbonyl (C=O) groups excluding carboxylic acids is 1. The summed E-state index contributed by atoms with van der Waals surface area (Å²) in [5, 5.41) is 0.958. The summed E-state index contributed by atoms with van der Waals surface area (Å²) in [6.07, 6.45) is 2.69. The van der Waals surface area contributed by atoms with Gasteiger partial charge >= 0.3 is 0 Å². The third-order valence-electron chi connectivity index (χ3n) is 4.99. The molecule has 2 aromatic heterocycles. The van der Waals surface area contributed by atoms with Crippen molar-refractivity contribution in [1.29, 1.82) is 0 Å². The van der Waals surface area contributed by atoms with Gasteiger partial charge in [-0.2, -0.15) is 4.37 Å². The summed E-state index contributed by atoms with van der Waals surface area (Å²) in [4.78, 5) is 26.1. The zero-order chi connectivity index (χ0) is 19.0.